The fraction of sp³-hybridized carbons (Fsp3) is 0.222. The highest BCUT2D eigenvalue weighted by molar-refractivity contribution is 6.06. The number of fused-ring (bicyclic) bond motifs is 1. The van der Waals surface area contributed by atoms with Crippen molar-refractivity contribution in [3.05, 3.63) is 53.6 Å². The second kappa shape index (κ2) is 5.43. The average Bonchev–Trinajstić information content (AvgIpc) is 2.46. The van der Waals surface area contributed by atoms with Crippen LogP contribution in [0.15, 0.2) is 42.5 Å². The summed E-state index contributed by atoms with van der Waals surface area (Å²) in [6.07, 6.45) is 0.434. The van der Waals surface area contributed by atoms with Gasteiger partial charge in [0.05, 0.1) is 5.56 Å². The monoisotopic (exact) mass is 310 g/mol. The standard InChI is InChI=1S/C18H18N2O3/c1-18(2)10-16(22)20-14-9-11(7-8-13(14)18)19-17(23)12-5-3-4-6-15(12)21/h3-9,21H,10H2,1-2H3,(H,19,23)(H,20,22). The largest absolute Gasteiger partial charge is 0.507 e. The van der Waals surface area contributed by atoms with Gasteiger partial charge in [0, 0.05) is 23.2 Å². The Morgan fingerprint density at radius 1 is 1.22 bits per heavy atom. The van der Waals surface area contributed by atoms with Crippen LogP contribution in [0.25, 0.3) is 0 Å². The zero-order chi connectivity index (χ0) is 16.6. The van der Waals surface area contributed by atoms with E-state index in [2.05, 4.69) is 10.6 Å². The van der Waals surface area contributed by atoms with E-state index < -0.39 is 5.91 Å². The van der Waals surface area contributed by atoms with Crippen molar-refractivity contribution < 1.29 is 14.7 Å². The highest BCUT2D eigenvalue weighted by Gasteiger charge is 2.31. The van der Waals surface area contributed by atoms with Crippen LogP contribution < -0.4 is 10.6 Å². The number of carbonyl (C=O) groups excluding carboxylic acids is 2. The van der Waals surface area contributed by atoms with Crippen molar-refractivity contribution in [1.29, 1.82) is 0 Å². The maximum Gasteiger partial charge on any atom is 0.259 e. The molecule has 0 unspecified atom stereocenters. The number of hydrogen-bond donors (Lipinski definition) is 3. The van der Waals surface area contributed by atoms with Gasteiger partial charge in [0.2, 0.25) is 5.91 Å². The number of nitrogens with one attached hydrogen (secondary N) is 2. The van der Waals surface area contributed by atoms with Crippen LogP contribution in [0.3, 0.4) is 0 Å². The molecule has 0 fully saturated rings. The SMILES string of the molecule is CC1(C)CC(=O)Nc2cc(NC(=O)c3ccccc3O)ccc21. The molecule has 1 heterocycles. The summed E-state index contributed by atoms with van der Waals surface area (Å²) in [5, 5.41) is 15.3. The number of anilines is 2. The maximum atomic E-state index is 12.2. The third kappa shape index (κ3) is 2.90. The molecular weight excluding hydrogens is 292 g/mol. The van der Waals surface area contributed by atoms with E-state index in [4.69, 9.17) is 0 Å². The molecule has 118 valence electrons. The number of amides is 2. The predicted molar refractivity (Wildman–Crippen MR) is 88.8 cm³/mol. The molecule has 0 atom stereocenters. The van der Waals surface area contributed by atoms with Crippen molar-refractivity contribution in [1.82, 2.24) is 0 Å². The molecule has 5 heteroatoms. The lowest BCUT2D eigenvalue weighted by Gasteiger charge is -2.32. The van der Waals surface area contributed by atoms with Gasteiger partial charge in [0.1, 0.15) is 5.75 Å². The van der Waals surface area contributed by atoms with Crippen molar-refractivity contribution in [2.45, 2.75) is 25.7 Å². The molecule has 1 aliphatic rings. The van der Waals surface area contributed by atoms with Crippen LogP contribution in [0.4, 0.5) is 11.4 Å². The zero-order valence-corrected chi connectivity index (χ0v) is 13.0. The fourth-order valence-corrected chi connectivity index (χ4v) is 2.87. The van der Waals surface area contributed by atoms with E-state index in [1.807, 2.05) is 19.9 Å². The maximum absolute atomic E-state index is 12.2. The van der Waals surface area contributed by atoms with Crippen LogP contribution in [0.1, 0.15) is 36.2 Å². The molecule has 23 heavy (non-hydrogen) atoms. The summed E-state index contributed by atoms with van der Waals surface area (Å²) in [5.74, 6) is -0.506. The highest BCUT2D eigenvalue weighted by Crippen LogP contribution is 2.38. The quantitative estimate of drug-likeness (QED) is 0.796. The van der Waals surface area contributed by atoms with E-state index in [-0.39, 0.29) is 22.6 Å². The number of phenolic OH excluding ortho intramolecular Hbond substituents is 1. The first kappa shape index (κ1) is 15.1. The summed E-state index contributed by atoms with van der Waals surface area (Å²) >= 11 is 0. The van der Waals surface area contributed by atoms with Crippen LogP contribution in [-0.4, -0.2) is 16.9 Å². The smallest absolute Gasteiger partial charge is 0.259 e. The van der Waals surface area contributed by atoms with Gasteiger partial charge in [-0.25, -0.2) is 0 Å². The number of para-hydroxylation sites is 1. The Morgan fingerprint density at radius 2 is 1.96 bits per heavy atom. The minimum Gasteiger partial charge on any atom is -0.507 e. The van der Waals surface area contributed by atoms with Crippen molar-refractivity contribution in [2.24, 2.45) is 0 Å². The molecule has 2 aromatic carbocycles. The van der Waals surface area contributed by atoms with Gasteiger partial charge in [-0.05, 0) is 29.8 Å². The van der Waals surface area contributed by atoms with Crippen LogP contribution in [-0.2, 0) is 10.2 Å². The van der Waals surface area contributed by atoms with Crippen molar-refractivity contribution in [3.8, 4) is 5.75 Å². The molecule has 0 saturated heterocycles. The molecule has 0 saturated carbocycles. The second-order valence-corrected chi connectivity index (χ2v) is 6.34. The molecule has 2 amide bonds. The summed E-state index contributed by atoms with van der Waals surface area (Å²) in [6, 6.07) is 11.8. The lowest BCUT2D eigenvalue weighted by atomic mass is 9.78. The van der Waals surface area contributed by atoms with Gasteiger partial charge >= 0.3 is 0 Å². The molecule has 3 N–H and O–H groups in total. The van der Waals surface area contributed by atoms with Gasteiger partial charge in [0.25, 0.3) is 5.91 Å². The van der Waals surface area contributed by atoms with Gasteiger partial charge in [-0.2, -0.15) is 0 Å². The first-order valence-electron chi connectivity index (χ1n) is 7.40. The minimum atomic E-state index is -0.399. The molecule has 0 radical (unpaired) electrons. The van der Waals surface area contributed by atoms with E-state index in [0.29, 0.717) is 17.8 Å². The third-order valence-electron chi connectivity index (χ3n) is 4.03. The molecular formula is C18H18N2O3. The molecule has 3 rings (SSSR count). The number of hydrogen-bond acceptors (Lipinski definition) is 3. The number of phenols is 1. The summed E-state index contributed by atoms with van der Waals surface area (Å²) < 4.78 is 0. The second-order valence-electron chi connectivity index (χ2n) is 6.34. The van der Waals surface area contributed by atoms with E-state index in [9.17, 15) is 14.7 Å². The Bertz CT molecular complexity index is 797. The van der Waals surface area contributed by atoms with Crippen LogP contribution >= 0.6 is 0 Å². The van der Waals surface area contributed by atoms with E-state index in [1.54, 1.807) is 30.3 Å². The number of benzene rings is 2. The fourth-order valence-electron chi connectivity index (χ4n) is 2.87. The Balaban J connectivity index is 1.88. The number of rotatable bonds is 2. The van der Waals surface area contributed by atoms with Gasteiger partial charge in [-0.15, -0.1) is 0 Å². The Hall–Kier alpha value is -2.82. The van der Waals surface area contributed by atoms with Gasteiger partial charge in [-0.3, -0.25) is 9.59 Å². The van der Waals surface area contributed by atoms with Crippen LogP contribution in [0.2, 0.25) is 0 Å². The third-order valence-corrected chi connectivity index (χ3v) is 4.03. The molecule has 2 aromatic rings. The molecule has 0 aliphatic carbocycles. The highest BCUT2D eigenvalue weighted by atomic mass is 16.3. The predicted octanol–water partition coefficient (Wildman–Crippen LogP) is 3.26. The molecule has 0 bridgehead atoms. The van der Waals surface area contributed by atoms with Crippen LogP contribution in [0.5, 0.6) is 5.75 Å². The number of carbonyl (C=O) groups is 2. The summed E-state index contributed by atoms with van der Waals surface area (Å²) in [7, 11) is 0. The zero-order valence-electron chi connectivity index (χ0n) is 13.0. The van der Waals surface area contributed by atoms with Gasteiger partial charge in [-0.1, -0.05) is 32.0 Å². The summed E-state index contributed by atoms with van der Waals surface area (Å²) in [5.41, 5.74) is 2.28. The first-order valence-corrected chi connectivity index (χ1v) is 7.40. The lowest BCUT2D eigenvalue weighted by molar-refractivity contribution is -0.117. The summed E-state index contributed by atoms with van der Waals surface area (Å²) in [4.78, 5) is 24.0. The van der Waals surface area contributed by atoms with E-state index >= 15 is 0 Å². The Kier molecular flexibility index (Phi) is 3.56. The molecule has 5 nitrogen and oxygen atoms in total. The Labute approximate surface area is 134 Å². The van der Waals surface area contributed by atoms with Crippen molar-refractivity contribution >= 4 is 23.2 Å². The molecule has 0 spiro atoms. The minimum absolute atomic E-state index is 0.0355. The summed E-state index contributed by atoms with van der Waals surface area (Å²) in [6.45, 7) is 4.04. The van der Waals surface area contributed by atoms with Crippen LogP contribution in [0, 0.1) is 0 Å². The molecule has 0 aromatic heterocycles. The number of aromatic hydroxyl groups is 1. The van der Waals surface area contributed by atoms with Crippen molar-refractivity contribution in [2.75, 3.05) is 10.6 Å². The van der Waals surface area contributed by atoms with E-state index in [1.165, 1.54) is 6.07 Å². The Morgan fingerprint density at radius 3 is 2.70 bits per heavy atom. The van der Waals surface area contributed by atoms with Gasteiger partial charge < -0.3 is 15.7 Å². The lowest BCUT2D eigenvalue weighted by Crippen LogP contribution is -2.32. The van der Waals surface area contributed by atoms with Gasteiger partial charge in [0.15, 0.2) is 0 Å². The topological polar surface area (TPSA) is 78.4 Å². The average molecular weight is 310 g/mol. The molecule has 1 aliphatic heterocycles. The first-order chi connectivity index (χ1) is 10.9. The van der Waals surface area contributed by atoms with Crippen molar-refractivity contribution in [3.63, 3.8) is 0 Å². The van der Waals surface area contributed by atoms with E-state index in [0.717, 1.165) is 5.56 Å². The normalized spacial score (nSPS) is 15.5.